The number of carbonyl (C=O) groups excluding carboxylic acids is 4. The van der Waals surface area contributed by atoms with E-state index in [0.717, 1.165) is 0 Å². The summed E-state index contributed by atoms with van der Waals surface area (Å²) in [7, 11) is 0. The average Bonchev–Trinajstić information content (AvgIpc) is 2.66. The smallest absolute Gasteiger partial charge is 0.328 e. The summed E-state index contributed by atoms with van der Waals surface area (Å²) in [5, 5.41) is 24.8. The Morgan fingerprint density at radius 3 is 1.83 bits per heavy atom. The second-order valence-corrected chi connectivity index (χ2v) is 7.46. The SMILES string of the molecule is CCC(C)C(N)C(=O)NC(C(=O)NC(CC(N)=O)C(=O)NC(CO)C(=O)O)C(C)C. The van der Waals surface area contributed by atoms with Crippen molar-refractivity contribution < 1.29 is 34.2 Å². The number of primary amides is 1. The van der Waals surface area contributed by atoms with Crippen LogP contribution in [0.15, 0.2) is 0 Å². The number of nitrogens with two attached hydrogens (primary N) is 2. The zero-order valence-corrected chi connectivity index (χ0v) is 17.7. The topological polar surface area (TPSA) is 214 Å². The predicted octanol–water partition coefficient (Wildman–Crippen LogP) is -2.58. The highest BCUT2D eigenvalue weighted by Gasteiger charge is 2.32. The molecule has 0 bridgehead atoms. The molecule has 9 N–H and O–H groups in total. The second-order valence-electron chi connectivity index (χ2n) is 7.46. The van der Waals surface area contributed by atoms with Gasteiger partial charge >= 0.3 is 5.97 Å². The summed E-state index contributed by atoms with van der Waals surface area (Å²) in [4.78, 5) is 59.7. The third-order valence-corrected chi connectivity index (χ3v) is 4.64. The maximum Gasteiger partial charge on any atom is 0.328 e. The lowest BCUT2D eigenvalue weighted by Gasteiger charge is -2.27. The highest BCUT2D eigenvalue weighted by molar-refractivity contribution is 5.96. The van der Waals surface area contributed by atoms with Gasteiger partial charge in [-0.1, -0.05) is 34.1 Å². The van der Waals surface area contributed by atoms with Crippen molar-refractivity contribution in [2.75, 3.05) is 6.61 Å². The maximum atomic E-state index is 12.7. The molecule has 12 heteroatoms. The molecule has 5 atom stereocenters. The number of carboxylic acid groups (broad SMARTS) is 1. The van der Waals surface area contributed by atoms with E-state index in [9.17, 15) is 24.0 Å². The Morgan fingerprint density at radius 2 is 1.43 bits per heavy atom. The van der Waals surface area contributed by atoms with Gasteiger partial charge in [0.2, 0.25) is 23.6 Å². The molecule has 0 fully saturated rings. The molecule has 4 amide bonds. The fraction of sp³-hybridized carbons (Fsp3) is 0.722. The molecule has 0 spiro atoms. The molecule has 0 heterocycles. The van der Waals surface area contributed by atoms with Crippen LogP contribution in [0.5, 0.6) is 0 Å². The minimum absolute atomic E-state index is 0.124. The van der Waals surface area contributed by atoms with Crippen molar-refractivity contribution in [1.29, 1.82) is 0 Å². The molecule has 0 aromatic rings. The van der Waals surface area contributed by atoms with Gasteiger partial charge in [0, 0.05) is 0 Å². The van der Waals surface area contributed by atoms with Crippen LogP contribution in [0.4, 0.5) is 0 Å². The Labute approximate surface area is 175 Å². The van der Waals surface area contributed by atoms with E-state index in [2.05, 4.69) is 10.6 Å². The van der Waals surface area contributed by atoms with Crippen molar-refractivity contribution in [3.05, 3.63) is 0 Å². The number of rotatable bonds is 13. The molecule has 0 aliphatic carbocycles. The molecule has 30 heavy (non-hydrogen) atoms. The van der Waals surface area contributed by atoms with Crippen LogP contribution in [-0.2, 0) is 24.0 Å². The van der Waals surface area contributed by atoms with Gasteiger partial charge in [0.1, 0.15) is 18.1 Å². The molecule has 0 aliphatic heterocycles. The normalized spacial score (nSPS) is 16.0. The van der Waals surface area contributed by atoms with Gasteiger partial charge in [-0.3, -0.25) is 19.2 Å². The van der Waals surface area contributed by atoms with Gasteiger partial charge in [0.25, 0.3) is 0 Å². The van der Waals surface area contributed by atoms with Gasteiger partial charge in [0.15, 0.2) is 0 Å². The number of nitrogens with one attached hydrogen (secondary N) is 3. The lowest BCUT2D eigenvalue weighted by molar-refractivity contribution is -0.143. The molecular weight excluding hydrogens is 398 g/mol. The molecular formula is C18H33N5O7. The van der Waals surface area contributed by atoms with E-state index >= 15 is 0 Å². The first-order chi connectivity index (χ1) is 13.8. The first-order valence-corrected chi connectivity index (χ1v) is 9.64. The molecule has 172 valence electrons. The van der Waals surface area contributed by atoms with Crippen molar-refractivity contribution in [3.63, 3.8) is 0 Å². The van der Waals surface area contributed by atoms with Crippen LogP contribution < -0.4 is 27.4 Å². The molecule has 0 aliphatic rings. The van der Waals surface area contributed by atoms with E-state index in [1.54, 1.807) is 20.8 Å². The molecule has 0 radical (unpaired) electrons. The minimum atomic E-state index is -1.63. The van der Waals surface area contributed by atoms with Crippen LogP contribution >= 0.6 is 0 Å². The van der Waals surface area contributed by atoms with Crippen molar-refractivity contribution in [3.8, 4) is 0 Å². The minimum Gasteiger partial charge on any atom is -0.480 e. The van der Waals surface area contributed by atoms with Crippen molar-refractivity contribution >= 4 is 29.6 Å². The summed E-state index contributed by atoms with van der Waals surface area (Å²) in [6.07, 6.45) is 0.0457. The molecule has 5 unspecified atom stereocenters. The van der Waals surface area contributed by atoms with Crippen molar-refractivity contribution in [2.45, 2.75) is 64.7 Å². The summed E-state index contributed by atoms with van der Waals surface area (Å²) < 4.78 is 0. The van der Waals surface area contributed by atoms with Crippen LogP contribution in [0.3, 0.4) is 0 Å². The molecule has 0 aromatic carbocycles. The van der Waals surface area contributed by atoms with Gasteiger partial charge in [-0.05, 0) is 11.8 Å². The highest BCUT2D eigenvalue weighted by Crippen LogP contribution is 2.08. The van der Waals surface area contributed by atoms with Gasteiger partial charge in [-0.15, -0.1) is 0 Å². The summed E-state index contributed by atoms with van der Waals surface area (Å²) in [5.41, 5.74) is 11.0. The van der Waals surface area contributed by atoms with Crippen LogP contribution in [-0.4, -0.2) is 70.6 Å². The fourth-order valence-corrected chi connectivity index (χ4v) is 2.43. The largest absolute Gasteiger partial charge is 0.480 e. The number of carbonyl (C=O) groups is 5. The third-order valence-electron chi connectivity index (χ3n) is 4.64. The Morgan fingerprint density at radius 1 is 0.900 bits per heavy atom. The second kappa shape index (κ2) is 12.8. The zero-order valence-electron chi connectivity index (χ0n) is 17.7. The monoisotopic (exact) mass is 431 g/mol. The zero-order chi connectivity index (χ0) is 23.6. The first kappa shape index (κ1) is 27.3. The quantitative estimate of drug-likeness (QED) is 0.164. The van der Waals surface area contributed by atoms with Crippen LogP contribution in [0.2, 0.25) is 0 Å². The third kappa shape index (κ3) is 8.74. The first-order valence-electron chi connectivity index (χ1n) is 9.64. The van der Waals surface area contributed by atoms with Crippen LogP contribution in [0.25, 0.3) is 0 Å². The Balaban J connectivity index is 5.40. The molecule has 0 rings (SSSR count). The summed E-state index contributed by atoms with van der Waals surface area (Å²) in [5.74, 6) is -5.27. The van der Waals surface area contributed by atoms with Gasteiger partial charge in [-0.2, -0.15) is 0 Å². The van der Waals surface area contributed by atoms with E-state index in [1.807, 2.05) is 12.2 Å². The summed E-state index contributed by atoms with van der Waals surface area (Å²) >= 11 is 0. The average molecular weight is 431 g/mol. The number of aliphatic hydroxyl groups is 1. The Kier molecular flexibility index (Phi) is 11.6. The Hall–Kier alpha value is -2.73. The maximum absolute atomic E-state index is 12.7. The number of hydrogen-bond donors (Lipinski definition) is 7. The van der Waals surface area contributed by atoms with Gasteiger partial charge < -0.3 is 37.6 Å². The van der Waals surface area contributed by atoms with Gasteiger partial charge in [-0.25, -0.2) is 4.79 Å². The van der Waals surface area contributed by atoms with Crippen LogP contribution in [0.1, 0.15) is 40.5 Å². The van der Waals surface area contributed by atoms with Gasteiger partial charge in [0.05, 0.1) is 19.1 Å². The number of carboxylic acids is 1. The van der Waals surface area contributed by atoms with E-state index in [-0.39, 0.29) is 11.8 Å². The standard InChI is InChI=1S/C18H33N5O7/c1-5-9(4)13(20)16(27)23-14(8(2)3)17(28)21-10(6-12(19)25)15(26)22-11(7-24)18(29)30/h8-11,13-14,24H,5-7,20H2,1-4H3,(H2,19,25)(H,21,28)(H,22,26)(H,23,27)(H,29,30). The lowest BCUT2D eigenvalue weighted by atomic mass is 9.97. The lowest BCUT2D eigenvalue weighted by Crippen LogP contribution is -2.59. The fourth-order valence-electron chi connectivity index (χ4n) is 2.43. The highest BCUT2D eigenvalue weighted by atomic mass is 16.4. The van der Waals surface area contributed by atoms with E-state index < -0.39 is 66.8 Å². The summed E-state index contributed by atoms with van der Waals surface area (Å²) in [6, 6.07) is -5.03. The number of aliphatic carboxylic acids is 1. The van der Waals surface area contributed by atoms with Crippen molar-refractivity contribution in [1.82, 2.24) is 16.0 Å². The Bertz CT molecular complexity index is 640. The number of aliphatic hydroxyl groups excluding tert-OH is 1. The van der Waals surface area contributed by atoms with E-state index in [1.165, 1.54) is 0 Å². The molecule has 0 aromatic heterocycles. The van der Waals surface area contributed by atoms with E-state index in [0.29, 0.717) is 6.42 Å². The molecule has 0 saturated heterocycles. The molecule has 12 nitrogen and oxygen atoms in total. The molecule has 0 saturated carbocycles. The number of hydrogen-bond acceptors (Lipinski definition) is 7. The number of amides is 4. The van der Waals surface area contributed by atoms with E-state index in [4.69, 9.17) is 21.7 Å². The predicted molar refractivity (Wildman–Crippen MR) is 107 cm³/mol. The van der Waals surface area contributed by atoms with Crippen LogP contribution in [0, 0.1) is 11.8 Å². The summed E-state index contributed by atoms with van der Waals surface area (Å²) in [6.45, 7) is 6.09. The van der Waals surface area contributed by atoms with Crippen molar-refractivity contribution in [2.24, 2.45) is 23.3 Å².